The van der Waals surface area contributed by atoms with E-state index in [2.05, 4.69) is 15.0 Å². The molecule has 9 heteroatoms. The second-order valence-electron chi connectivity index (χ2n) is 6.52. The molecular weight excluding hydrogens is 405 g/mol. The molecule has 3 aromatic rings. The lowest BCUT2D eigenvalue weighted by Gasteiger charge is -2.20. The van der Waals surface area contributed by atoms with Gasteiger partial charge < -0.3 is 4.90 Å². The highest BCUT2D eigenvalue weighted by atomic mass is 35.5. The van der Waals surface area contributed by atoms with Gasteiger partial charge in [-0.2, -0.15) is 5.10 Å². The van der Waals surface area contributed by atoms with Crippen LogP contribution in [0.4, 0.5) is 5.13 Å². The number of carbonyl (C=O) groups excluding carboxylic acids is 1. The molecule has 27 heavy (non-hydrogen) atoms. The van der Waals surface area contributed by atoms with E-state index in [1.807, 2.05) is 45.3 Å². The van der Waals surface area contributed by atoms with Gasteiger partial charge in [0.1, 0.15) is 5.69 Å². The average molecular weight is 428 g/mol. The van der Waals surface area contributed by atoms with Crippen molar-refractivity contribution in [2.45, 2.75) is 13.3 Å². The number of aryl methyl sites for hydroxylation is 2. The second kappa shape index (κ2) is 9.01. The number of hydrogen-bond acceptors (Lipinski definition) is 5. The van der Waals surface area contributed by atoms with Gasteiger partial charge in [0, 0.05) is 18.6 Å². The highest BCUT2D eigenvalue weighted by Crippen LogP contribution is 2.31. The van der Waals surface area contributed by atoms with Crippen LogP contribution in [0, 0.1) is 6.92 Å². The van der Waals surface area contributed by atoms with Crippen LogP contribution in [0.15, 0.2) is 24.3 Å². The molecule has 1 amide bonds. The Kier molecular flexibility index (Phi) is 7.22. The minimum atomic E-state index is -0.0861. The molecule has 0 aliphatic heterocycles. The van der Waals surface area contributed by atoms with Crippen molar-refractivity contribution >= 4 is 56.6 Å². The van der Waals surface area contributed by atoms with Crippen LogP contribution < -0.4 is 4.90 Å². The fourth-order valence-corrected chi connectivity index (χ4v) is 4.05. The highest BCUT2D eigenvalue weighted by Gasteiger charge is 2.24. The zero-order valence-electron chi connectivity index (χ0n) is 15.8. The molecule has 0 bridgehead atoms. The lowest BCUT2D eigenvalue weighted by atomic mass is 10.3. The van der Waals surface area contributed by atoms with E-state index in [0.29, 0.717) is 22.4 Å². The van der Waals surface area contributed by atoms with Gasteiger partial charge in [-0.15, -0.1) is 12.4 Å². The third-order valence-corrected chi connectivity index (χ3v) is 5.30. The number of nitrogens with zero attached hydrogens (tertiary/aromatic N) is 5. The summed E-state index contributed by atoms with van der Waals surface area (Å²) < 4.78 is 2.60. The molecule has 6 nitrogen and oxygen atoms in total. The molecule has 0 aliphatic rings. The first-order chi connectivity index (χ1) is 12.3. The Bertz CT molecular complexity index is 937. The van der Waals surface area contributed by atoms with E-state index < -0.39 is 0 Å². The van der Waals surface area contributed by atoms with E-state index in [1.54, 1.807) is 16.6 Å². The number of fused-ring (bicyclic) bond motifs is 1. The Balaban J connectivity index is 0.00000261. The van der Waals surface area contributed by atoms with E-state index in [9.17, 15) is 4.79 Å². The number of anilines is 1. The van der Waals surface area contributed by atoms with Crippen LogP contribution in [0.1, 0.15) is 22.6 Å². The molecule has 3 rings (SSSR count). The maximum atomic E-state index is 13.2. The number of amides is 1. The van der Waals surface area contributed by atoms with Crippen molar-refractivity contribution in [1.82, 2.24) is 19.7 Å². The minimum absolute atomic E-state index is 0. The van der Waals surface area contributed by atoms with E-state index in [-0.39, 0.29) is 18.3 Å². The van der Waals surface area contributed by atoms with Crippen molar-refractivity contribution in [1.29, 1.82) is 0 Å². The molecule has 0 atom stereocenters. The first kappa shape index (κ1) is 21.6. The van der Waals surface area contributed by atoms with E-state index in [0.717, 1.165) is 28.9 Å². The molecule has 0 fully saturated rings. The van der Waals surface area contributed by atoms with Gasteiger partial charge in [-0.25, -0.2) is 4.98 Å². The normalized spacial score (nSPS) is 11.0. The zero-order chi connectivity index (χ0) is 18.8. The fourth-order valence-electron chi connectivity index (χ4n) is 2.78. The molecule has 146 valence electrons. The number of hydrogen-bond donors (Lipinski definition) is 0. The molecule has 0 radical (unpaired) electrons. The van der Waals surface area contributed by atoms with E-state index in [4.69, 9.17) is 11.6 Å². The second-order valence-corrected chi connectivity index (χ2v) is 7.96. The summed E-state index contributed by atoms with van der Waals surface area (Å²) in [6.45, 7) is 3.37. The summed E-state index contributed by atoms with van der Waals surface area (Å²) >= 11 is 7.57. The van der Waals surface area contributed by atoms with Crippen molar-refractivity contribution in [3.8, 4) is 0 Å². The average Bonchev–Trinajstić information content (AvgIpc) is 3.12. The topological polar surface area (TPSA) is 54.3 Å². The summed E-state index contributed by atoms with van der Waals surface area (Å²) in [6, 6.07) is 7.39. The maximum Gasteiger partial charge on any atom is 0.278 e. The Labute approximate surface area is 174 Å². The van der Waals surface area contributed by atoms with Gasteiger partial charge in [0.2, 0.25) is 0 Å². The standard InChI is InChI=1S/C18H22ClN5OS.ClH/c1-12-10-15(23(4)21-12)17(25)24(9-5-8-22(2)3)18-20-14-7-6-13(19)11-16(14)26-18;/h6-7,10-11H,5,8-9H2,1-4H3;1H. The fraction of sp³-hybridized carbons (Fsp3) is 0.389. The molecule has 0 saturated carbocycles. The van der Waals surface area contributed by atoms with Gasteiger partial charge >= 0.3 is 0 Å². The van der Waals surface area contributed by atoms with E-state index >= 15 is 0 Å². The quantitative estimate of drug-likeness (QED) is 0.595. The Morgan fingerprint density at radius 1 is 1.26 bits per heavy atom. The van der Waals surface area contributed by atoms with Gasteiger partial charge in [0.15, 0.2) is 5.13 Å². The molecular formula is C18H23Cl2N5OS. The molecule has 2 aromatic heterocycles. The van der Waals surface area contributed by atoms with Crippen LogP contribution in [0.5, 0.6) is 0 Å². The Morgan fingerprint density at radius 2 is 2.00 bits per heavy atom. The first-order valence-corrected chi connectivity index (χ1v) is 9.58. The number of halogens is 2. The Hall–Kier alpha value is -1.67. The lowest BCUT2D eigenvalue weighted by molar-refractivity contribution is 0.0977. The maximum absolute atomic E-state index is 13.2. The summed E-state index contributed by atoms with van der Waals surface area (Å²) in [6.07, 6.45) is 0.853. The number of aromatic nitrogens is 3. The summed E-state index contributed by atoms with van der Waals surface area (Å²) in [5.74, 6) is -0.0861. The molecule has 0 spiro atoms. The van der Waals surface area contributed by atoms with Crippen LogP contribution in [0.3, 0.4) is 0 Å². The van der Waals surface area contributed by atoms with Crippen molar-refractivity contribution in [2.24, 2.45) is 7.05 Å². The SMILES string of the molecule is Cc1cc(C(=O)N(CCCN(C)C)c2nc3ccc(Cl)cc3s2)n(C)n1.Cl. The van der Waals surface area contributed by atoms with Crippen LogP contribution in [-0.4, -0.2) is 52.8 Å². The molecule has 0 aliphatic carbocycles. The van der Waals surface area contributed by atoms with Crippen molar-refractivity contribution in [2.75, 3.05) is 32.1 Å². The number of thiazole rings is 1. The number of rotatable bonds is 6. The third-order valence-electron chi connectivity index (χ3n) is 4.02. The van der Waals surface area contributed by atoms with E-state index in [1.165, 1.54) is 11.3 Å². The van der Waals surface area contributed by atoms with Gasteiger partial charge in [-0.1, -0.05) is 22.9 Å². The third kappa shape index (κ3) is 4.99. The van der Waals surface area contributed by atoms with Crippen molar-refractivity contribution < 1.29 is 4.79 Å². The van der Waals surface area contributed by atoms with Crippen LogP contribution in [0.25, 0.3) is 10.2 Å². The van der Waals surface area contributed by atoms with Crippen molar-refractivity contribution in [3.63, 3.8) is 0 Å². The molecule has 0 unspecified atom stereocenters. The zero-order valence-corrected chi connectivity index (χ0v) is 18.2. The molecule has 0 saturated heterocycles. The highest BCUT2D eigenvalue weighted by molar-refractivity contribution is 7.22. The molecule has 0 N–H and O–H groups in total. The lowest BCUT2D eigenvalue weighted by Crippen LogP contribution is -2.34. The summed E-state index contributed by atoms with van der Waals surface area (Å²) in [4.78, 5) is 21.7. The molecule has 1 aromatic carbocycles. The van der Waals surface area contributed by atoms with Crippen molar-refractivity contribution in [3.05, 3.63) is 40.7 Å². The van der Waals surface area contributed by atoms with Crippen LogP contribution in [-0.2, 0) is 7.05 Å². The minimum Gasteiger partial charge on any atom is -0.309 e. The van der Waals surface area contributed by atoms with Gasteiger partial charge in [0.05, 0.1) is 15.9 Å². The Morgan fingerprint density at radius 3 is 2.63 bits per heavy atom. The summed E-state index contributed by atoms with van der Waals surface area (Å²) in [5, 5.41) is 5.65. The van der Waals surface area contributed by atoms with Gasteiger partial charge in [0.25, 0.3) is 5.91 Å². The number of benzene rings is 1. The predicted molar refractivity (Wildman–Crippen MR) is 115 cm³/mol. The molecule has 2 heterocycles. The monoisotopic (exact) mass is 427 g/mol. The number of carbonyl (C=O) groups is 1. The van der Waals surface area contributed by atoms with Gasteiger partial charge in [-0.3, -0.25) is 14.4 Å². The smallest absolute Gasteiger partial charge is 0.278 e. The van der Waals surface area contributed by atoms with Gasteiger partial charge in [-0.05, 0) is 58.3 Å². The summed E-state index contributed by atoms with van der Waals surface area (Å²) in [5.41, 5.74) is 2.23. The summed E-state index contributed by atoms with van der Waals surface area (Å²) in [7, 11) is 5.84. The van der Waals surface area contributed by atoms with Crippen LogP contribution >= 0.6 is 35.3 Å². The first-order valence-electron chi connectivity index (χ1n) is 8.38. The van der Waals surface area contributed by atoms with Crippen LogP contribution in [0.2, 0.25) is 5.02 Å². The predicted octanol–water partition coefficient (Wildman–Crippen LogP) is 4.01. The largest absolute Gasteiger partial charge is 0.309 e.